The van der Waals surface area contributed by atoms with Gasteiger partial charge in [0.15, 0.2) is 0 Å². The van der Waals surface area contributed by atoms with Crippen LogP contribution in [-0.2, 0) is 0 Å². The van der Waals surface area contributed by atoms with Gasteiger partial charge in [-0.2, -0.15) is 11.8 Å². The second-order valence-corrected chi connectivity index (χ2v) is 5.40. The fraction of sp³-hybridized carbons (Fsp3) is 0.571. The van der Waals surface area contributed by atoms with Gasteiger partial charge in [-0.1, -0.05) is 13.8 Å². The zero-order valence-corrected chi connectivity index (χ0v) is 11.8. The Balaban J connectivity index is 2.75. The van der Waals surface area contributed by atoms with Crippen LogP contribution in [-0.4, -0.2) is 18.1 Å². The smallest absolute Gasteiger partial charge is 0.128 e. The molecular formula is C14H21F2NS. The van der Waals surface area contributed by atoms with Crippen molar-refractivity contribution in [3.8, 4) is 0 Å². The molecule has 1 unspecified atom stereocenters. The molecule has 1 aromatic carbocycles. The van der Waals surface area contributed by atoms with E-state index in [0.717, 1.165) is 37.0 Å². The Morgan fingerprint density at radius 2 is 2.00 bits per heavy atom. The number of rotatable bonds is 8. The van der Waals surface area contributed by atoms with Gasteiger partial charge < -0.3 is 5.32 Å². The molecule has 0 aliphatic carbocycles. The molecule has 0 spiro atoms. The summed E-state index contributed by atoms with van der Waals surface area (Å²) in [4.78, 5) is 0. The van der Waals surface area contributed by atoms with Crippen LogP contribution in [0.25, 0.3) is 0 Å². The lowest BCUT2D eigenvalue weighted by molar-refractivity contribution is 0.522. The fourth-order valence-electron chi connectivity index (χ4n) is 1.70. The number of nitrogens with one attached hydrogen (secondary N) is 1. The van der Waals surface area contributed by atoms with Gasteiger partial charge in [0.05, 0.1) is 0 Å². The second-order valence-electron chi connectivity index (χ2n) is 4.25. The van der Waals surface area contributed by atoms with E-state index in [1.54, 1.807) is 11.8 Å². The van der Waals surface area contributed by atoms with Crippen molar-refractivity contribution >= 4 is 11.8 Å². The Hall–Kier alpha value is -0.610. The van der Waals surface area contributed by atoms with Crippen LogP contribution in [0.4, 0.5) is 8.78 Å². The topological polar surface area (TPSA) is 12.0 Å². The van der Waals surface area contributed by atoms with E-state index in [1.807, 2.05) is 0 Å². The highest BCUT2D eigenvalue weighted by molar-refractivity contribution is 7.99. The number of hydrogen-bond donors (Lipinski definition) is 1. The summed E-state index contributed by atoms with van der Waals surface area (Å²) in [5.74, 6) is 1.10. The van der Waals surface area contributed by atoms with Gasteiger partial charge in [-0.3, -0.25) is 0 Å². The van der Waals surface area contributed by atoms with Crippen LogP contribution in [0.15, 0.2) is 18.2 Å². The van der Waals surface area contributed by atoms with Crippen LogP contribution >= 0.6 is 11.8 Å². The minimum Gasteiger partial charge on any atom is -0.309 e. The summed E-state index contributed by atoms with van der Waals surface area (Å²) in [6.07, 6.45) is 2.07. The third kappa shape index (κ3) is 4.94. The predicted molar refractivity (Wildman–Crippen MR) is 75.0 cm³/mol. The summed E-state index contributed by atoms with van der Waals surface area (Å²) in [6.45, 7) is 4.99. The van der Waals surface area contributed by atoms with Gasteiger partial charge in [-0.25, -0.2) is 8.78 Å². The molecule has 0 saturated heterocycles. The molecule has 102 valence electrons. The first-order valence-electron chi connectivity index (χ1n) is 6.45. The zero-order valence-electron chi connectivity index (χ0n) is 11.0. The Kier molecular flexibility index (Phi) is 7.28. The largest absolute Gasteiger partial charge is 0.309 e. The van der Waals surface area contributed by atoms with Crippen LogP contribution in [0.1, 0.15) is 38.3 Å². The van der Waals surface area contributed by atoms with Gasteiger partial charge in [0.2, 0.25) is 0 Å². The molecule has 0 radical (unpaired) electrons. The third-order valence-corrected chi connectivity index (χ3v) is 3.87. The van der Waals surface area contributed by atoms with Crippen LogP contribution in [0.3, 0.4) is 0 Å². The molecule has 1 atom stereocenters. The molecule has 0 aliphatic rings. The van der Waals surface area contributed by atoms with E-state index in [9.17, 15) is 8.78 Å². The highest BCUT2D eigenvalue weighted by Crippen LogP contribution is 2.22. The van der Waals surface area contributed by atoms with Crippen molar-refractivity contribution in [2.24, 2.45) is 0 Å². The second kappa shape index (κ2) is 8.48. The number of halogens is 2. The molecule has 1 aromatic rings. The van der Waals surface area contributed by atoms with Crippen LogP contribution in [0, 0.1) is 11.6 Å². The lowest BCUT2D eigenvalue weighted by Gasteiger charge is -2.19. The van der Waals surface area contributed by atoms with Gasteiger partial charge in [0, 0.05) is 17.4 Å². The molecule has 0 aliphatic heterocycles. The van der Waals surface area contributed by atoms with Crippen molar-refractivity contribution in [2.75, 3.05) is 18.1 Å². The first kappa shape index (κ1) is 15.4. The maximum atomic E-state index is 13.7. The Labute approximate surface area is 112 Å². The van der Waals surface area contributed by atoms with E-state index in [4.69, 9.17) is 0 Å². The molecule has 0 saturated carbocycles. The minimum absolute atomic E-state index is 0.114. The lowest BCUT2D eigenvalue weighted by atomic mass is 10.1. The minimum atomic E-state index is -0.379. The summed E-state index contributed by atoms with van der Waals surface area (Å²) in [5.41, 5.74) is 0.437. The number of thioether (sulfide) groups is 1. The molecule has 18 heavy (non-hydrogen) atoms. The molecule has 0 heterocycles. The van der Waals surface area contributed by atoms with E-state index >= 15 is 0 Å². The molecular weight excluding hydrogens is 252 g/mol. The first-order chi connectivity index (χ1) is 8.69. The molecule has 0 fully saturated rings. The lowest BCUT2D eigenvalue weighted by Crippen LogP contribution is -2.25. The summed E-state index contributed by atoms with van der Waals surface area (Å²) in [6, 6.07) is 3.55. The highest BCUT2D eigenvalue weighted by atomic mass is 32.2. The van der Waals surface area contributed by atoms with E-state index < -0.39 is 0 Å². The van der Waals surface area contributed by atoms with Gasteiger partial charge in [-0.15, -0.1) is 0 Å². The van der Waals surface area contributed by atoms with Gasteiger partial charge in [0.25, 0.3) is 0 Å². The average Bonchev–Trinajstić information content (AvgIpc) is 2.37. The van der Waals surface area contributed by atoms with Crippen LogP contribution in [0.5, 0.6) is 0 Å². The van der Waals surface area contributed by atoms with Crippen molar-refractivity contribution in [3.63, 3.8) is 0 Å². The maximum Gasteiger partial charge on any atom is 0.128 e. The highest BCUT2D eigenvalue weighted by Gasteiger charge is 2.15. The molecule has 0 aromatic heterocycles. The summed E-state index contributed by atoms with van der Waals surface area (Å²) < 4.78 is 27.0. The number of benzene rings is 1. The Morgan fingerprint density at radius 3 is 2.67 bits per heavy atom. The molecule has 1 rings (SSSR count). The standard InChI is InChI=1S/C14H21F2NS/c1-3-7-17-14(10-18-8-4-2)12-9-11(15)5-6-13(12)16/h5-6,9,14,17H,3-4,7-8,10H2,1-2H3. The van der Waals surface area contributed by atoms with Crippen LogP contribution < -0.4 is 5.32 Å². The van der Waals surface area contributed by atoms with E-state index in [1.165, 1.54) is 12.1 Å². The van der Waals surface area contributed by atoms with Gasteiger partial charge >= 0.3 is 0 Å². The molecule has 1 nitrogen and oxygen atoms in total. The normalized spacial score (nSPS) is 12.7. The zero-order chi connectivity index (χ0) is 13.4. The third-order valence-electron chi connectivity index (χ3n) is 2.61. The summed E-state index contributed by atoms with van der Waals surface area (Å²) in [5, 5.41) is 3.29. The number of hydrogen-bond acceptors (Lipinski definition) is 2. The maximum absolute atomic E-state index is 13.7. The van der Waals surface area contributed by atoms with Gasteiger partial charge in [0.1, 0.15) is 11.6 Å². The average molecular weight is 273 g/mol. The Morgan fingerprint density at radius 1 is 1.22 bits per heavy atom. The van der Waals surface area contributed by atoms with Crippen LogP contribution in [0.2, 0.25) is 0 Å². The molecule has 1 N–H and O–H groups in total. The summed E-state index contributed by atoms with van der Waals surface area (Å²) in [7, 11) is 0. The molecule has 0 amide bonds. The van der Waals surface area contributed by atoms with Crippen molar-refractivity contribution in [1.82, 2.24) is 5.32 Å². The SMILES string of the molecule is CCCNC(CSCCC)c1cc(F)ccc1F. The van der Waals surface area contributed by atoms with Crippen molar-refractivity contribution in [3.05, 3.63) is 35.4 Å². The van der Waals surface area contributed by atoms with Crippen molar-refractivity contribution < 1.29 is 8.78 Å². The van der Waals surface area contributed by atoms with E-state index in [-0.39, 0.29) is 17.7 Å². The van der Waals surface area contributed by atoms with E-state index in [0.29, 0.717) is 5.56 Å². The quantitative estimate of drug-likeness (QED) is 0.714. The van der Waals surface area contributed by atoms with E-state index in [2.05, 4.69) is 19.2 Å². The molecule has 0 bridgehead atoms. The Bertz CT molecular complexity index is 358. The monoisotopic (exact) mass is 273 g/mol. The molecule has 4 heteroatoms. The predicted octanol–water partition coefficient (Wildman–Crippen LogP) is 4.15. The first-order valence-corrected chi connectivity index (χ1v) is 7.60. The van der Waals surface area contributed by atoms with Gasteiger partial charge in [-0.05, 0) is 43.3 Å². The van der Waals surface area contributed by atoms with Crippen molar-refractivity contribution in [1.29, 1.82) is 0 Å². The fourth-order valence-corrected chi connectivity index (χ4v) is 2.69. The summed E-state index contributed by atoms with van der Waals surface area (Å²) >= 11 is 1.77. The van der Waals surface area contributed by atoms with Crippen molar-refractivity contribution in [2.45, 2.75) is 32.7 Å².